The molecule has 5 nitrogen and oxygen atoms in total. The average Bonchev–Trinajstić information content (AvgIpc) is 1.63. The predicted molar refractivity (Wildman–Crippen MR) is 346 cm³/mol. The van der Waals surface area contributed by atoms with Crippen molar-refractivity contribution in [3.63, 3.8) is 0 Å². The Hall–Kier alpha value is -7.76. The molecule has 3 aliphatic rings. The summed E-state index contributed by atoms with van der Waals surface area (Å²) < 4.78 is 97.3. The van der Waals surface area contributed by atoms with Gasteiger partial charge in [0.25, 0.3) is 0 Å². The Labute approximate surface area is 522 Å². The van der Waals surface area contributed by atoms with E-state index in [2.05, 4.69) is 158 Å². The summed E-state index contributed by atoms with van der Waals surface area (Å²) in [6.45, 7) is 28.0. The average molecular weight is 1290 g/mol. The van der Waals surface area contributed by atoms with E-state index in [1.807, 2.05) is 80.4 Å². The standard InChI is InChI=1S/C76H71N4OSi.Pt/c1-73(2,3)52-34-37-59-60-38-35-53(74(4,5)6)45-70(60)82(69(59)44-52)67-33-22-21-32-65(67)80(71-46-54(40-41-77-71)75(7,8)9)66-48-58(36-39-68(66)82)81-57-29-23-28-56(47-57)78-49-79(64-31-20-19-30-63(64)78)72-61(50-24-15-13-16-25-50)42-55(76(10,11)12)43-62(72)51-26-17-14-18-27-51;/h13-46,49H,1-12H3;/q-3;/i13D,14D,15D,16D,17D,18D,24D,25D,26D,27D;. The van der Waals surface area contributed by atoms with Gasteiger partial charge in [-0.3, -0.25) is 0 Å². The Bertz CT molecular complexity index is 4540. The van der Waals surface area contributed by atoms with Crippen molar-refractivity contribution in [1.82, 2.24) is 4.98 Å². The van der Waals surface area contributed by atoms with Crippen LogP contribution in [0.5, 0.6) is 11.5 Å². The second-order valence-corrected chi connectivity index (χ2v) is 29.5. The van der Waals surface area contributed by atoms with Gasteiger partial charge in [0.15, 0.2) is 0 Å². The van der Waals surface area contributed by atoms with Crippen LogP contribution in [0.1, 0.15) is 119 Å². The maximum absolute atomic E-state index is 9.39. The first-order chi connectivity index (χ1) is 43.3. The van der Waals surface area contributed by atoms with Gasteiger partial charge in [-0.15, -0.1) is 47.9 Å². The number of hydrogen-bond donors (Lipinski definition) is 0. The number of benzene rings is 9. The van der Waals surface area contributed by atoms with Gasteiger partial charge in [-0.1, -0.05) is 216 Å². The summed E-state index contributed by atoms with van der Waals surface area (Å²) in [5.74, 6) is 1.58. The number of nitrogens with zero attached hydrogens (tertiary/aromatic N) is 4. The zero-order valence-electron chi connectivity index (χ0n) is 58.9. The quantitative estimate of drug-likeness (QED) is 0.117. The van der Waals surface area contributed by atoms with Gasteiger partial charge in [-0.2, -0.15) is 12.1 Å². The van der Waals surface area contributed by atoms with Gasteiger partial charge in [0.2, 0.25) is 0 Å². The molecule has 0 N–H and O–H groups in total. The van der Waals surface area contributed by atoms with E-state index >= 15 is 0 Å². The Kier molecular flexibility index (Phi) is 11.1. The molecule has 0 aliphatic carbocycles. The number of anilines is 7. The molecule has 13 rings (SSSR count). The molecule has 0 fully saturated rings. The van der Waals surface area contributed by atoms with Gasteiger partial charge >= 0.3 is 0 Å². The van der Waals surface area contributed by atoms with Crippen molar-refractivity contribution in [3.8, 4) is 44.9 Å². The molecule has 7 heteroatoms. The summed E-state index contributed by atoms with van der Waals surface area (Å²) in [5, 5.41) is 5.09. The number of para-hydroxylation sites is 3. The molecule has 83 heavy (non-hydrogen) atoms. The van der Waals surface area contributed by atoms with Crippen LogP contribution in [0.15, 0.2) is 206 Å². The number of rotatable bonds is 7. The normalized spacial score (nSPS) is 15.8. The van der Waals surface area contributed by atoms with Crippen LogP contribution in [0, 0.1) is 18.8 Å². The molecular formula is C76H71N4OPtSi-3. The first-order valence-electron chi connectivity index (χ1n) is 33.1. The van der Waals surface area contributed by atoms with E-state index in [4.69, 9.17) is 17.9 Å². The fourth-order valence-corrected chi connectivity index (χ4v) is 17.6. The summed E-state index contributed by atoms with van der Waals surface area (Å²) in [6, 6.07) is 50.8. The van der Waals surface area contributed by atoms with Crippen molar-refractivity contribution >= 4 is 68.8 Å². The molecule has 1 aromatic heterocycles. The molecular weight excluding hydrogens is 1210 g/mol. The molecule has 3 aliphatic heterocycles. The van der Waals surface area contributed by atoms with Gasteiger partial charge in [-0.05, 0) is 124 Å². The van der Waals surface area contributed by atoms with E-state index in [0.717, 1.165) is 27.9 Å². The largest absolute Gasteiger partial charge is 0.509 e. The van der Waals surface area contributed by atoms with Crippen LogP contribution in [0.25, 0.3) is 33.4 Å². The van der Waals surface area contributed by atoms with Crippen molar-refractivity contribution < 1.29 is 39.5 Å². The van der Waals surface area contributed by atoms with Crippen molar-refractivity contribution in [1.29, 1.82) is 0 Å². The molecule has 1 spiro atoms. The summed E-state index contributed by atoms with van der Waals surface area (Å²) in [7, 11) is -3.23. The van der Waals surface area contributed by atoms with Crippen molar-refractivity contribution in [3.05, 3.63) is 247 Å². The third-order valence-electron chi connectivity index (χ3n) is 16.4. The Morgan fingerprint density at radius 3 is 1.54 bits per heavy atom. The van der Waals surface area contributed by atoms with Crippen molar-refractivity contribution in [2.45, 2.75) is 105 Å². The van der Waals surface area contributed by atoms with E-state index in [1.165, 1.54) is 37.8 Å². The van der Waals surface area contributed by atoms with E-state index in [-0.39, 0.29) is 65.3 Å². The van der Waals surface area contributed by atoms with Crippen LogP contribution in [0.2, 0.25) is 0 Å². The van der Waals surface area contributed by atoms with Crippen molar-refractivity contribution in [2.24, 2.45) is 0 Å². The molecule has 9 aromatic carbocycles. The van der Waals surface area contributed by atoms with E-state index < -0.39 is 73.9 Å². The minimum Gasteiger partial charge on any atom is -0.509 e. The van der Waals surface area contributed by atoms with Gasteiger partial charge < -0.3 is 19.4 Å². The molecule has 0 saturated carbocycles. The van der Waals surface area contributed by atoms with Crippen LogP contribution in [-0.2, 0) is 42.7 Å². The van der Waals surface area contributed by atoms with Crippen LogP contribution >= 0.6 is 0 Å². The molecule has 0 saturated heterocycles. The summed E-state index contributed by atoms with van der Waals surface area (Å²) >= 11 is 0. The van der Waals surface area contributed by atoms with Crippen LogP contribution < -0.4 is 40.2 Å². The maximum atomic E-state index is 9.39. The maximum Gasteiger partial charge on any atom is 0.135 e. The number of pyridine rings is 1. The minimum atomic E-state index is -3.23. The third-order valence-corrected chi connectivity index (χ3v) is 21.3. The van der Waals surface area contributed by atoms with Crippen LogP contribution in [-0.4, -0.2) is 13.1 Å². The fraction of sp³-hybridized carbons (Fsp3) is 0.211. The van der Waals surface area contributed by atoms with Gasteiger partial charge in [0.05, 0.1) is 13.7 Å². The second kappa shape index (κ2) is 20.5. The Morgan fingerprint density at radius 2 is 0.976 bits per heavy atom. The van der Waals surface area contributed by atoms with Gasteiger partial charge in [-0.25, -0.2) is 4.98 Å². The monoisotopic (exact) mass is 1290 g/mol. The topological polar surface area (TPSA) is 31.8 Å². The fourth-order valence-electron chi connectivity index (χ4n) is 12.0. The Balaban J connectivity index is 0.00000832. The SMILES string of the molecule is [2H]c1c([2H])c([2H])c(-c2cc(C(C)(C)C)cc(-c3c([2H])c([2H])c([2H])c([2H])c3[2H])c2N2[CH-]N(c3[c-]c(Oc4[c-]c5c(cc4)[Si]4(c6cc(C(C)(C)C)ccc6-c6ccc(C(C)(C)C)cc64)c4ccccc4N5c4cc(C(C)(C)C)ccn4)ccc3)c3ccccc32)c([2H])c1[2H].[Pt]. The summed E-state index contributed by atoms with van der Waals surface area (Å²) in [4.78, 5) is 11.1. The minimum absolute atomic E-state index is 0. The molecule has 0 radical (unpaired) electrons. The predicted octanol–water partition coefficient (Wildman–Crippen LogP) is 17.5. The Morgan fingerprint density at radius 1 is 0.458 bits per heavy atom. The molecule has 418 valence electrons. The molecule has 0 amide bonds. The molecule has 10 aromatic rings. The number of aromatic nitrogens is 1. The molecule has 4 heterocycles. The van der Waals surface area contributed by atoms with Crippen molar-refractivity contribution in [2.75, 3.05) is 14.7 Å². The summed E-state index contributed by atoms with van der Waals surface area (Å²) in [5.41, 5.74) is 9.73. The first-order valence-corrected chi connectivity index (χ1v) is 30.1. The van der Waals surface area contributed by atoms with Gasteiger partial charge in [0, 0.05) is 72.6 Å². The molecule has 0 atom stereocenters. The van der Waals surface area contributed by atoms with E-state index in [9.17, 15) is 5.48 Å². The first kappa shape index (κ1) is 44.8. The number of fused-ring (bicyclic) bond motifs is 10. The number of hydrogen-bond acceptors (Lipinski definition) is 5. The second-order valence-electron chi connectivity index (χ2n) is 25.9. The molecule has 0 bridgehead atoms. The summed E-state index contributed by atoms with van der Waals surface area (Å²) in [6.07, 6.45) is 1.90. The van der Waals surface area contributed by atoms with Crippen LogP contribution in [0.4, 0.5) is 39.9 Å². The van der Waals surface area contributed by atoms with E-state index in [0.29, 0.717) is 34.1 Å². The molecule has 0 unspecified atom stereocenters. The smallest absolute Gasteiger partial charge is 0.135 e. The number of ether oxygens (including phenoxy) is 1. The van der Waals surface area contributed by atoms with Gasteiger partial charge in [0.1, 0.15) is 13.9 Å². The zero-order chi connectivity index (χ0) is 65.8. The third kappa shape index (κ3) is 9.57. The zero-order valence-corrected chi connectivity index (χ0v) is 52.2. The van der Waals surface area contributed by atoms with Crippen LogP contribution in [0.3, 0.4) is 0 Å². The van der Waals surface area contributed by atoms with E-state index in [1.54, 1.807) is 23.7 Å².